The van der Waals surface area contributed by atoms with Gasteiger partial charge >= 0.3 is 0 Å². The molecule has 118 valence electrons. The van der Waals surface area contributed by atoms with Crippen LogP contribution in [0.4, 0.5) is 10.1 Å². The minimum Gasteiger partial charge on any atom is -0.326 e. The SMILES string of the molecule is Cc1cc(F)ccc1NC(=O)Cc1c(C)nc2ncnn2c1C. The summed E-state index contributed by atoms with van der Waals surface area (Å²) in [5.74, 6) is -0.00117. The first-order valence-electron chi connectivity index (χ1n) is 7.17. The highest BCUT2D eigenvalue weighted by Crippen LogP contribution is 2.18. The average molecular weight is 313 g/mol. The van der Waals surface area contributed by atoms with Gasteiger partial charge in [0.05, 0.1) is 6.42 Å². The molecule has 0 saturated heterocycles. The largest absolute Gasteiger partial charge is 0.326 e. The van der Waals surface area contributed by atoms with Crippen LogP contribution < -0.4 is 5.32 Å². The van der Waals surface area contributed by atoms with E-state index in [1.807, 2.05) is 13.8 Å². The number of halogens is 1. The molecule has 0 spiro atoms. The molecule has 0 aliphatic heterocycles. The highest BCUT2D eigenvalue weighted by Gasteiger charge is 2.15. The lowest BCUT2D eigenvalue weighted by molar-refractivity contribution is -0.115. The number of carbonyl (C=O) groups excluding carboxylic acids is 1. The number of benzene rings is 1. The summed E-state index contributed by atoms with van der Waals surface area (Å²) in [6.45, 7) is 5.47. The number of anilines is 1. The third kappa shape index (κ3) is 2.90. The predicted molar refractivity (Wildman–Crippen MR) is 83.7 cm³/mol. The van der Waals surface area contributed by atoms with Crippen molar-refractivity contribution in [1.29, 1.82) is 0 Å². The molecule has 6 nitrogen and oxygen atoms in total. The molecule has 0 saturated carbocycles. The third-order valence-electron chi connectivity index (χ3n) is 3.79. The van der Waals surface area contributed by atoms with Gasteiger partial charge in [-0.25, -0.2) is 13.9 Å². The lowest BCUT2D eigenvalue weighted by atomic mass is 10.1. The summed E-state index contributed by atoms with van der Waals surface area (Å²) < 4.78 is 14.7. The zero-order chi connectivity index (χ0) is 16.6. The minimum absolute atomic E-state index is 0.164. The Kier molecular flexibility index (Phi) is 3.77. The molecule has 0 aliphatic rings. The summed E-state index contributed by atoms with van der Waals surface area (Å²) in [6.07, 6.45) is 1.60. The number of aryl methyl sites for hydroxylation is 3. The van der Waals surface area contributed by atoms with Gasteiger partial charge in [0, 0.05) is 22.6 Å². The number of hydrogen-bond acceptors (Lipinski definition) is 4. The fourth-order valence-corrected chi connectivity index (χ4v) is 2.53. The van der Waals surface area contributed by atoms with Crippen LogP contribution in [0.1, 0.15) is 22.5 Å². The van der Waals surface area contributed by atoms with E-state index in [9.17, 15) is 9.18 Å². The fourth-order valence-electron chi connectivity index (χ4n) is 2.53. The van der Waals surface area contributed by atoms with E-state index in [0.717, 1.165) is 17.0 Å². The Hall–Kier alpha value is -2.83. The second kappa shape index (κ2) is 5.75. The molecular weight excluding hydrogens is 297 g/mol. The van der Waals surface area contributed by atoms with Crippen LogP contribution in [0, 0.1) is 26.6 Å². The van der Waals surface area contributed by atoms with Crippen LogP contribution >= 0.6 is 0 Å². The molecule has 3 aromatic rings. The Morgan fingerprint density at radius 1 is 1.30 bits per heavy atom. The van der Waals surface area contributed by atoms with Crippen molar-refractivity contribution in [1.82, 2.24) is 19.6 Å². The Morgan fingerprint density at radius 2 is 2.09 bits per heavy atom. The first kappa shape index (κ1) is 15.1. The monoisotopic (exact) mass is 313 g/mol. The molecule has 0 bridgehead atoms. The summed E-state index contributed by atoms with van der Waals surface area (Å²) in [5, 5.41) is 6.91. The summed E-state index contributed by atoms with van der Waals surface area (Å²) >= 11 is 0. The first-order valence-corrected chi connectivity index (χ1v) is 7.17. The van der Waals surface area contributed by atoms with Crippen LogP contribution in [0.15, 0.2) is 24.5 Å². The highest BCUT2D eigenvalue weighted by molar-refractivity contribution is 5.93. The Bertz CT molecular complexity index is 903. The molecular formula is C16H16FN5O. The topological polar surface area (TPSA) is 72.2 Å². The average Bonchev–Trinajstić information content (AvgIpc) is 2.95. The van der Waals surface area contributed by atoms with Crippen LogP contribution in [0.25, 0.3) is 5.78 Å². The maximum Gasteiger partial charge on any atom is 0.252 e. The van der Waals surface area contributed by atoms with Gasteiger partial charge in [-0.15, -0.1) is 0 Å². The lowest BCUT2D eigenvalue weighted by Crippen LogP contribution is -2.18. The molecule has 1 N–H and O–H groups in total. The molecule has 2 aromatic heterocycles. The molecule has 0 radical (unpaired) electrons. The molecule has 3 rings (SSSR count). The van der Waals surface area contributed by atoms with Crippen molar-refractivity contribution in [2.24, 2.45) is 0 Å². The molecule has 0 aliphatic carbocycles. The van der Waals surface area contributed by atoms with E-state index in [-0.39, 0.29) is 18.1 Å². The van der Waals surface area contributed by atoms with E-state index in [0.29, 0.717) is 17.0 Å². The van der Waals surface area contributed by atoms with E-state index >= 15 is 0 Å². The zero-order valence-corrected chi connectivity index (χ0v) is 13.1. The lowest BCUT2D eigenvalue weighted by Gasteiger charge is -2.12. The minimum atomic E-state index is -0.326. The van der Waals surface area contributed by atoms with Crippen molar-refractivity contribution in [2.75, 3.05) is 5.32 Å². The maximum atomic E-state index is 13.1. The van der Waals surface area contributed by atoms with E-state index in [4.69, 9.17) is 0 Å². The van der Waals surface area contributed by atoms with Gasteiger partial charge in [0.2, 0.25) is 5.91 Å². The Morgan fingerprint density at radius 3 is 2.83 bits per heavy atom. The highest BCUT2D eigenvalue weighted by atomic mass is 19.1. The van der Waals surface area contributed by atoms with Gasteiger partial charge in [-0.2, -0.15) is 10.1 Å². The van der Waals surface area contributed by atoms with Gasteiger partial charge in [0.15, 0.2) is 0 Å². The third-order valence-corrected chi connectivity index (χ3v) is 3.79. The predicted octanol–water partition coefficient (Wildman–Crippen LogP) is 2.37. The van der Waals surface area contributed by atoms with Crippen LogP contribution in [0.3, 0.4) is 0 Å². The number of nitrogens with one attached hydrogen (secondary N) is 1. The fraction of sp³-hybridized carbons (Fsp3) is 0.250. The molecule has 7 heteroatoms. The number of aromatic nitrogens is 4. The molecule has 1 aromatic carbocycles. The van der Waals surface area contributed by atoms with Crippen molar-refractivity contribution >= 4 is 17.4 Å². The van der Waals surface area contributed by atoms with Gasteiger partial charge in [0.25, 0.3) is 5.78 Å². The Balaban J connectivity index is 1.85. The van der Waals surface area contributed by atoms with Crippen LogP contribution in [0.2, 0.25) is 0 Å². The van der Waals surface area contributed by atoms with Crippen molar-refractivity contribution in [2.45, 2.75) is 27.2 Å². The van der Waals surface area contributed by atoms with E-state index in [1.165, 1.54) is 18.5 Å². The first-order chi connectivity index (χ1) is 11.0. The summed E-state index contributed by atoms with van der Waals surface area (Å²) in [5.41, 5.74) is 3.66. The molecule has 1 amide bonds. The van der Waals surface area contributed by atoms with Crippen LogP contribution in [-0.2, 0) is 11.2 Å². The molecule has 2 heterocycles. The van der Waals surface area contributed by atoms with Gasteiger partial charge in [-0.05, 0) is 44.5 Å². The second-order valence-electron chi connectivity index (χ2n) is 5.42. The number of nitrogens with zero attached hydrogens (tertiary/aromatic N) is 4. The number of carbonyl (C=O) groups is 1. The number of fused-ring (bicyclic) bond motifs is 1. The smallest absolute Gasteiger partial charge is 0.252 e. The quantitative estimate of drug-likeness (QED) is 0.806. The van der Waals surface area contributed by atoms with Gasteiger partial charge in [-0.1, -0.05) is 0 Å². The van der Waals surface area contributed by atoms with Crippen LogP contribution in [0.5, 0.6) is 0 Å². The van der Waals surface area contributed by atoms with E-state index < -0.39 is 0 Å². The van der Waals surface area contributed by atoms with Crippen LogP contribution in [-0.4, -0.2) is 25.5 Å². The van der Waals surface area contributed by atoms with Gasteiger partial charge in [-0.3, -0.25) is 4.79 Å². The summed E-state index contributed by atoms with van der Waals surface area (Å²) in [7, 11) is 0. The molecule has 23 heavy (non-hydrogen) atoms. The second-order valence-corrected chi connectivity index (χ2v) is 5.42. The molecule has 0 fully saturated rings. The van der Waals surface area contributed by atoms with Crippen molar-refractivity contribution < 1.29 is 9.18 Å². The number of rotatable bonds is 3. The zero-order valence-electron chi connectivity index (χ0n) is 13.1. The standard InChI is InChI=1S/C16H16FN5O/c1-9-6-12(17)4-5-14(9)21-15(23)7-13-10(2)20-16-18-8-19-22(16)11(13)3/h4-6,8H,7H2,1-3H3,(H,21,23). The van der Waals surface area contributed by atoms with Crippen molar-refractivity contribution in [3.63, 3.8) is 0 Å². The maximum absolute atomic E-state index is 13.1. The number of amides is 1. The number of hydrogen-bond donors (Lipinski definition) is 1. The normalized spacial score (nSPS) is 11.0. The summed E-state index contributed by atoms with van der Waals surface area (Å²) in [6, 6.07) is 4.26. The van der Waals surface area contributed by atoms with Gasteiger partial charge in [0.1, 0.15) is 12.1 Å². The van der Waals surface area contributed by atoms with E-state index in [1.54, 1.807) is 17.5 Å². The van der Waals surface area contributed by atoms with Gasteiger partial charge < -0.3 is 5.32 Å². The molecule has 0 atom stereocenters. The molecule has 0 unspecified atom stereocenters. The summed E-state index contributed by atoms with van der Waals surface area (Å²) in [4.78, 5) is 20.7. The van der Waals surface area contributed by atoms with Crippen molar-refractivity contribution in [3.05, 3.63) is 52.9 Å². The Labute approximate surface area is 132 Å². The van der Waals surface area contributed by atoms with Crippen molar-refractivity contribution in [3.8, 4) is 0 Å². The van der Waals surface area contributed by atoms with E-state index in [2.05, 4.69) is 20.4 Å².